The smallest absolute Gasteiger partial charge is 0.344 e. The molecule has 0 bridgehead atoms. The number of fused-ring (bicyclic) bond motifs is 1. The van der Waals surface area contributed by atoms with Crippen LogP contribution >= 0.6 is 0 Å². The maximum Gasteiger partial charge on any atom is 0.344 e. The van der Waals surface area contributed by atoms with Crippen molar-refractivity contribution in [3.63, 3.8) is 0 Å². The molecule has 98 valence electrons. The first-order valence-corrected chi connectivity index (χ1v) is 5.93. The lowest BCUT2D eigenvalue weighted by Crippen LogP contribution is -1.92. The Morgan fingerprint density at radius 1 is 1.00 bits per heavy atom. The number of hydrogen-bond acceptors (Lipinski definition) is 4. The fourth-order valence-electron chi connectivity index (χ4n) is 2.04. The van der Waals surface area contributed by atoms with Gasteiger partial charge in [0.1, 0.15) is 5.76 Å². The van der Waals surface area contributed by atoms with Gasteiger partial charge in [-0.25, -0.2) is 4.79 Å². The molecule has 0 fully saturated rings. The molecule has 0 aromatic heterocycles. The van der Waals surface area contributed by atoms with Crippen molar-refractivity contribution in [2.24, 2.45) is 0 Å². The van der Waals surface area contributed by atoms with Gasteiger partial charge in [0.05, 0.1) is 10.5 Å². The van der Waals surface area contributed by atoms with Crippen LogP contribution in [-0.2, 0) is 4.74 Å². The SMILES string of the molecule is O=C1OC(=Cc2ccc([N+](=O)[O-])cc2)c2ccccc21. The minimum Gasteiger partial charge on any atom is -0.422 e. The predicted octanol–water partition coefficient (Wildman–Crippen LogP) is 3.26. The molecule has 5 nitrogen and oxygen atoms in total. The van der Waals surface area contributed by atoms with E-state index >= 15 is 0 Å². The van der Waals surface area contributed by atoms with E-state index in [0.717, 1.165) is 11.1 Å². The summed E-state index contributed by atoms with van der Waals surface area (Å²) in [5.41, 5.74) is 2.02. The lowest BCUT2D eigenvalue weighted by atomic mass is 10.1. The Kier molecular flexibility index (Phi) is 2.80. The molecule has 0 aliphatic carbocycles. The average molecular weight is 267 g/mol. The van der Waals surface area contributed by atoms with Gasteiger partial charge in [-0.2, -0.15) is 0 Å². The number of ether oxygens (including phenoxy) is 1. The molecule has 0 saturated carbocycles. The number of non-ortho nitro benzene ring substituents is 1. The molecule has 0 atom stereocenters. The van der Waals surface area contributed by atoms with Crippen LogP contribution in [0.3, 0.4) is 0 Å². The highest BCUT2D eigenvalue weighted by Gasteiger charge is 2.25. The van der Waals surface area contributed by atoms with Crippen LogP contribution in [0, 0.1) is 10.1 Å². The second-order valence-electron chi connectivity index (χ2n) is 4.29. The molecule has 0 spiro atoms. The first-order valence-electron chi connectivity index (χ1n) is 5.93. The molecular formula is C15H9NO4. The number of nitrogens with zero attached hydrogens (tertiary/aromatic N) is 1. The summed E-state index contributed by atoms with van der Waals surface area (Å²) in [6.45, 7) is 0. The second-order valence-corrected chi connectivity index (χ2v) is 4.29. The molecule has 0 amide bonds. The first kappa shape index (κ1) is 12.1. The highest BCUT2D eigenvalue weighted by atomic mass is 16.6. The Morgan fingerprint density at radius 3 is 2.30 bits per heavy atom. The number of rotatable bonds is 2. The van der Waals surface area contributed by atoms with E-state index < -0.39 is 4.92 Å². The van der Waals surface area contributed by atoms with Gasteiger partial charge in [-0.3, -0.25) is 10.1 Å². The van der Waals surface area contributed by atoms with Crippen molar-refractivity contribution in [1.82, 2.24) is 0 Å². The quantitative estimate of drug-likeness (QED) is 0.475. The van der Waals surface area contributed by atoms with E-state index in [0.29, 0.717) is 11.3 Å². The topological polar surface area (TPSA) is 69.4 Å². The van der Waals surface area contributed by atoms with Gasteiger partial charge in [0.15, 0.2) is 0 Å². The normalized spacial score (nSPS) is 15.0. The maximum absolute atomic E-state index is 11.7. The van der Waals surface area contributed by atoms with E-state index in [9.17, 15) is 14.9 Å². The molecular weight excluding hydrogens is 258 g/mol. The minimum atomic E-state index is -0.457. The van der Waals surface area contributed by atoms with E-state index in [4.69, 9.17) is 4.74 Å². The number of carbonyl (C=O) groups is 1. The summed E-state index contributed by atoms with van der Waals surface area (Å²) in [5.74, 6) is 0.0771. The molecule has 0 radical (unpaired) electrons. The van der Waals surface area contributed by atoms with Gasteiger partial charge >= 0.3 is 5.97 Å². The largest absolute Gasteiger partial charge is 0.422 e. The Labute approximate surface area is 114 Å². The minimum absolute atomic E-state index is 0.0240. The maximum atomic E-state index is 11.7. The molecule has 0 N–H and O–H groups in total. The van der Waals surface area contributed by atoms with Crippen LogP contribution in [0.5, 0.6) is 0 Å². The first-order chi connectivity index (χ1) is 9.65. The lowest BCUT2D eigenvalue weighted by Gasteiger charge is -1.99. The van der Waals surface area contributed by atoms with Crippen LogP contribution in [0.15, 0.2) is 48.5 Å². The summed E-state index contributed by atoms with van der Waals surface area (Å²) >= 11 is 0. The number of carbonyl (C=O) groups excluding carboxylic acids is 1. The number of nitro groups is 1. The standard InChI is InChI=1S/C15H9NO4/c17-15-13-4-2-1-3-12(13)14(20-15)9-10-5-7-11(8-6-10)16(18)19/h1-9H. The Hall–Kier alpha value is -2.95. The van der Waals surface area contributed by atoms with Gasteiger partial charge in [-0.1, -0.05) is 18.2 Å². The molecule has 20 heavy (non-hydrogen) atoms. The summed E-state index contributed by atoms with van der Waals surface area (Å²) < 4.78 is 5.20. The number of cyclic esters (lactones) is 1. The summed E-state index contributed by atoms with van der Waals surface area (Å²) in [4.78, 5) is 21.8. The van der Waals surface area contributed by atoms with E-state index in [1.165, 1.54) is 12.1 Å². The van der Waals surface area contributed by atoms with Crippen LogP contribution in [-0.4, -0.2) is 10.9 Å². The van der Waals surface area contributed by atoms with E-state index in [1.54, 1.807) is 36.4 Å². The third-order valence-corrected chi connectivity index (χ3v) is 3.02. The van der Waals surface area contributed by atoms with Crippen molar-refractivity contribution in [2.45, 2.75) is 0 Å². The zero-order chi connectivity index (χ0) is 14.1. The van der Waals surface area contributed by atoms with Gasteiger partial charge in [-0.05, 0) is 29.8 Å². The molecule has 2 aromatic carbocycles. The van der Waals surface area contributed by atoms with E-state index in [-0.39, 0.29) is 11.7 Å². The van der Waals surface area contributed by atoms with Gasteiger partial charge in [-0.15, -0.1) is 0 Å². The van der Waals surface area contributed by atoms with Crippen molar-refractivity contribution >= 4 is 23.5 Å². The molecule has 0 saturated heterocycles. The van der Waals surface area contributed by atoms with Crippen LogP contribution in [0.4, 0.5) is 5.69 Å². The summed E-state index contributed by atoms with van der Waals surface area (Å²) in [6.07, 6.45) is 1.69. The van der Waals surface area contributed by atoms with Crippen molar-refractivity contribution in [2.75, 3.05) is 0 Å². The number of hydrogen-bond donors (Lipinski definition) is 0. The Morgan fingerprint density at radius 2 is 1.65 bits per heavy atom. The van der Waals surface area contributed by atoms with Crippen LogP contribution in [0.25, 0.3) is 11.8 Å². The third kappa shape index (κ3) is 2.05. The van der Waals surface area contributed by atoms with Crippen molar-refractivity contribution in [3.05, 3.63) is 75.3 Å². The van der Waals surface area contributed by atoms with Crippen molar-refractivity contribution in [3.8, 4) is 0 Å². The van der Waals surface area contributed by atoms with Crippen molar-refractivity contribution in [1.29, 1.82) is 0 Å². The summed E-state index contributed by atoms with van der Waals surface area (Å²) in [7, 11) is 0. The molecule has 1 heterocycles. The van der Waals surface area contributed by atoms with E-state index in [2.05, 4.69) is 0 Å². The number of nitro benzene ring substituents is 1. The van der Waals surface area contributed by atoms with Crippen LogP contribution in [0.1, 0.15) is 21.5 Å². The summed E-state index contributed by atoms with van der Waals surface area (Å²) in [5, 5.41) is 10.6. The molecule has 1 aliphatic rings. The second kappa shape index (κ2) is 4.62. The average Bonchev–Trinajstić information content (AvgIpc) is 2.77. The summed E-state index contributed by atoms with van der Waals surface area (Å²) in [6, 6.07) is 13.1. The van der Waals surface area contributed by atoms with Gasteiger partial charge in [0.25, 0.3) is 5.69 Å². The van der Waals surface area contributed by atoms with E-state index in [1.807, 2.05) is 6.07 Å². The number of benzene rings is 2. The van der Waals surface area contributed by atoms with Crippen LogP contribution < -0.4 is 0 Å². The van der Waals surface area contributed by atoms with Gasteiger partial charge in [0, 0.05) is 17.7 Å². The molecule has 5 heteroatoms. The van der Waals surface area contributed by atoms with Gasteiger partial charge in [0.2, 0.25) is 0 Å². The molecule has 1 aliphatic heterocycles. The highest BCUT2D eigenvalue weighted by molar-refractivity contribution is 6.05. The predicted molar refractivity (Wildman–Crippen MR) is 72.8 cm³/mol. The van der Waals surface area contributed by atoms with Crippen LogP contribution in [0.2, 0.25) is 0 Å². The fraction of sp³-hybridized carbons (Fsp3) is 0. The highest BCUT2D eigenvalue weighted by Crippen LogP contribution is 2.31. The Balaban J connectivity index is 1.98. The fourth-order valence-corrected chi connectivity index (χ4v) is 2.04. The Bertz CT molecular complexity index is 732. The monoisotopic (exact) mass is 267 g/mol. The lowest BCUT2D eigenvalue weighted by molar-refractivity contribution is -0.384. The van der Waals surface area contributed by atoms with Gasteiger partial charge < -0.3 is 4.74 Å². The number of esters is 1. The zero-order valence-electron chi connectivity index (χ0n) is 10.3. The molecule has 2 aromatic rings. The third-order valence-electron chi connectivity index (χ3n) is 3.02. The zero-order valence-corrected chi connectivity index (χ0v) is 10.3. The molecule has 0 unspecified atom stereocenters. The van der Waals surface area contributed by atoms with Crippen molar-refractivity contribution < 1.29 is 14.5 Å². The molecule has 3 rings (SSSR count).